The number of anilines is 1. The van der Waals surface area contributed by atoms with E-state index in [0.717, 1.165) is 23.7 Å². The lowest BCUT2D eigenvalue weighted by Crippen LogP contribution is -2.10. The minimum absolute atomic E-state index is 0.673. The molecule has 1 heterocycles. The van der Waals surface area contributed by atoms with Gasteiger partial charge in [0.05, 0.1) is 5.69 Å². The molecule has 22 heavy (non-hydrogen) atoms. The molecule has 0 spiro atoms. The average molecular weight is 311 g/mol. The minimum Gasteiger partial charge on any atom is -0.352 e. The first-order valence-electron chi connectivity index (χ1n) is 7.13. The molecule has 0 amide bonds. The summed E-state index contributed by atoms with van der Waals surface area (Å²) >= 11 is 1.89. The van der Waals surface area contributed by atoms with Crippen molar-refractivity contribution in [2.45, 2.75) is 5.75 Å². The molecular formula is C16H17N5S. The summed E-state index contributed by atoms with van der Waals surface area (Å²) in [5.41, 5.74) is 2.30. The molecular weight excluding hydrogens is 294 g/mol. The van der Waals surface area contributed by atoms with Crippen molar-refractivity contribution < 1.29 is 0 Å². The minimum atomic E-state index is 0.673. The van der Waals surface area contributed by atoms with E-state index in [0.29, 0.717) is 5.95 Å². The molecule has 0 aliphatic heterocycles. The zero-order valence-electron chi connectivity index (χ0n) is 12.1. The van der Waals surface area contributed by atoms with Crippen LogP contribution in [0.25, 0.3) is 5.69 Å². The van der Waals surface area contributed by atoms with Gasteiger partial charge in [0.1, 0.15) is 0 Å². The summed E-state index contributed by atoms with van der Waals surface area (Å²) in [7, 11) is 0. The summed E-state index contributed by atoms with van der Waals surface area (Å²) in [6.07, 6.45) is 0. The molecule has 0 aliphatic rings. The molecule has 0 unspecified atom stereocenters. The summed E-state index contributed by atoms with van der Waals surface area (Å²) in [5, 5.41) is 15.1. The molecule has 1 N–H and O–H groups in total. The smallest absolute Gasteiger partial charge is 0.247 e. The third-order valence-electron chi connectivity index (χ3n) is 3.11. The Balaban J connectivity index is 1.48. The predicted molar refractivity (Wildman–Crippen MR) is 90.2 cm³/mol. The van der Waals surface area contributed by atoms with Crippen LogP contribution in [0.1, 0.15) is 5.56 Å². The highest BCUT2D eigenvalue weighted by atomic mass is 32.2. The van der Waals surface area contributed by atoms with Gasteiger partial charge >= 0.3 is 0 Å². The highest BCUT2D eigenvalue weighted by molar-refractivity contribution is 7.98. The lowest BCUT2D eigenvalue weighted by atomic mass is 10.2. The summed E-state index contributed by atoms with van der Waals surface area (Å²) in [6.45, 7) is 0.824. The van der Waals surface area contributed by atoms with Crippen molar-refractivity contribution in [1.82, 2.24) is 20.2 Å². The van der Waals surface area contributed by atoms with E-state index in [2.05, 4.69) is 45.1 Å². The molecule has 6 heteroatoms. The molecule has 1 aromatic heterocycles. The number of para-hydroxylation sites is 1. The topological polar surface area (TPSA) is 55.6 Å². The van der Waals surface area contributed by atoms with Gasteiger partial charge in [-0.25, -0.2) is 0 Å². The van der Waals surface area contributed by atoms with E-state index in [1.807, 2.05) is 48.2 Å². The van der Waals surface area contributed by atoms with Crippen LogP contribution in [0.5, 0.6) is 0 Å². The fourth-order valence-corrected chi connectivity index (χ4v) is 2.86. The van der Waals surface area contributed by atoms with Gasteiger partial charge in [0.25, 0.3) is 0 Å². The number of rotatable bonds is 7. The Labute approximate surface area is 133 Å². The van der Waals surface area contributed by atoms with E-state index in [9.17, 15) is 0 Å². The summed E-state index contributed by atoms with van der Waals surface area (Å²) in [5.74, 6) is 2.69. The van der Waals surface area contributed by atoms with Crippen LogP contribution in [0, 0.1) is 0 Å². The summed E-state index contributed by atoms with van der Waals surface area (Å²) in [4.78, 5) is 0. The van der Waals surface area contributed by atoms with Gasteiger partial charge in [-0.05, 0) is 28.1 Å². The maximum Gasteiger partial charge on any atom is 0.247 e. The molecule has 0 bridgehead atoms. The van der Waals surface area contributed by atoms with Gasteiger partial charge in [0, 0.05) is 18.1 Å². The quantitative estimate of drug-likeness (QED) is 0.680. The predicted octanol–water partition coefficient (Wildman–Crippen LogP) is 3.01. The number of nitrogens with zero attached hydrogens (tertiary/aromatic N) is 4. The number of aromatic nitrogens is 4. The van der Waals surface area contributed by atoms with Gasteiger partial charge in [0.2, 0.25) is 5.95 Å². The number of nitrogens with one attached hydrogen (secondary N) is 1. The molecule has 3 rings (SSSR count). The lowest BCUT2D eigenvalue weighted by Gasteiger charge is -2.07. The molecule has 0 saturated heterocycles. The third kappa shape index (κ3) is 3.85. The molecule has 3 aromatic rings. The van der Waals surface area contributed by atoms with Gasteiger partial charge in [-0.3, -0.25) is 0 Å². The van der Waals surface area contributed by atoms with E-state index >= 15 is 0 Å². The molecule has 0 atom stereocenters. The van der Waals surface area contributed by atoms with Gasteiger partial charge < -0.3 is 5.32 Å². The zero-order valence-corrected chi connectivity index (χ0v) is 12.9. The van der Waals surface area contributed by atoms with Crippen molar-refractivity contribution in [1.29, 1.82) is 0 Å². The van der Waals surface area contributed by atoms with Crippen LogP contribution < -0.4 is 5.32 Å². The molecule has 5 nitrogen and oxygen atoms in total. The van der Waals surface area contributed by atoms with Crippen molar-refractivity contribution in [3.63, 3.8) is 0 Å². The molecule has 0 saturated carbocycles. The summed E-state index contributed by atoms with van der Waals surface area (Å²) < 4.78 is 1.71. The van der Waals surface area contributed by atoms with Crippen LogP contribution in [0.15, 0.2) is 60.7 Å². The standard InChI is InChI=1S/C16H17N5S/c1-3-7-14(8-4-1)13-22-12-11-17-16-18-19-20-21(16)15-9-5-2-6-10-15/h1-10H,11-13H2,(H,17,18,20). The number of thioether (sulfide) groups is 1. The van der Waals surface area contributed by atoms with E-state index in [1.165, 1.54) is 5.56 Å². The molecule has 0 radical (unpaired) electrons. The maximum atomic E-state index is 4.03. The van der Waals surface area contributed by atoms with Crippen molar-refractivity contribution in [2.75, 3.05) is 17.6 Å². The fraction of sp³-hybridized carbons (Fsp3) is 0.188. The normalized spacial score (nSPS) is 10.5. The van der Waals surface area contributed by atoms with Crippen molar-refractivity contribution in [3.05, 3.63) is 66.2 Å². The largest absolute Gasteiger partial charge is 0.352 e. The SMILES string of the molecule is c1ccc(CSCCNc2nnnn2-c2ccccc2)cc1. The number of benzene rings is 2. The van der Waals surface area contributed by atoms with E-state index in [4.69, 9.17) is 0 Å². The van der Waals surface area contributed by atoms with E-state index in [1.54, 1.807) is 4.68 Å². The summed E-state index contributed by atoms with van der Waals surface area (Å²) in [6, 6.07) is 20.3. The molecule has 0 fully saturated rings. The van der Waals surface area contributed by atoms with Crippen LogP contribution in [0.3, 0.4) is 0 Å². The van der Waals surface area contributed by atoms with E-state index < -0.39 is 0 Å². The Kier molecular flexibility index (Phi) is 5.04. The van der Waals surface area contributed by atoms with Crippen LogP contribution in [-0.4, -0.2) is 32.5 Å². The Bertz CT molecular complexity index is 684. The second-order valence-corrected chi connectivity index (χ2v) is 5.82. The van der Waals surface area contributed by atoms with Crippen LogP contribution in [0.4, 0.5) is 5.95 Å². The average Bonchev–Trinajstić information content (AvgIpc) is 3.05. The Morgan fingerprint density at radius 1 is 0.955 bits per heavy atom. The van der Waals surface area contributed by atoms with E-state index in [-0.39, 0.29) is 0 Å². The number of hydrogen-bond donors (Lipinski definition) is 1. The van der Waals surface area contributed by atoms with Crippen LogP contribution in [0.2, 0.25) is 0 Å². The first kappa shape index (κ1) is 14.6. The second kappa shape index (κ2) is 7.61. The number of hydrogen-bond acceptors (Lipinski definition) is 5. The molecule has 0 aliphatic carbocycles. The van der Waals surface area contributed by atoms with Gasteiger partial charge in [-0.15, -0.1) is 0 Å². The third-order valence-corrected chi connectivity index (χ3v) is 4.14. The second-order valence-electron chi connectivity index (χ2n) is 4.71. The highest BCUT2D eigenvalue weighted by Crippen LogP contribution is 2.13. The Hall–Kier alpha value is -2.34. The van der Waals surface area contributed by atoms with Crippen LogP contribution in [-0.2, 0) is 5.75 Å². The molecule has 112 valence electrons. The first-order valence-corrected chi connectivity index (χ1v) is 8.28. The number of tetrazole rings is 1. The Morgan fingerprint density at radius 3 is 2.45 bits per heavy atom. The monoisotopic (exact) mass is 311 g/mol. The van der Waals surface area contributed by atoms with Gasteiger partial charge in [-0.2, -0.15) is 16.4 Å². The van der Waals surface area contributed by atoms with Gasteiger partial charge in [-0.1, -0.05) is 53.6 Å². The first-order chi connectivity index (χ1) is 10.9. The highest BCUT2D eigenvalue weighted by Gasteiger charge is 2.06. The fourth-order valence-electron chi connectivity index (χ4n) is 2.04. The van der Waals surface area contributed by atoms with Crippen molar-refractivity contribution >= 4 is 17.7 Å². The lowest BCUT2D eigenvalue weighted by molar-refractivity contribution is 0.790. The van der Waals surface area contributed by atoms with Crippen LogP contribution >= 0.6 is 11.8 Å². The molecule has 2 aromatic carbocycles. The maximum absolute atomic E-state index is 4.03. The van der Waals surface area contributed by atoms with Gasteiger partial charge in [0.15, 0.2) is 0 Å². The Morgan fingerprint density at radius 2 is 1.68 bits per heavy atom. The zero-order chi connectivity index (χ0) is 15.0. The van der Waals surface area contributed by atoms with Crippen molar-refractivity contribution in [3.8, 4) is 5.69 Å². The van der Waals surface area contributed by atoms with Crippen molar-refractivity contribution in [2.24, 2.45) is 0 Å².